The largest absolute Gasteiger partial charge is 0.508 e. The maximum absolute atomic E-state index is 8.81. The van der Waals surface area contributed by atoms with Gasteiger partial charge in [-0.1, -0.05) is 24.3 Å². The predicted molar refractivity (Wildman–Crippen MR) is 107 cm³/mol. The fraction of sp³-hybridized carbons (Fsp3) is 0.118. The van der Waals surface area contributed by atoms with Gasteiger partial charge in [-0.05, 0) is 70.2 Å². The SMILES string of the molecule is Clc1nc(Cl)nc(Cl)n1.NCc1ccc(O)cc1.NCc1ccc(O)cc1. The zero-order valence-electron chi connectivity index (χ0n) is 14.1. The highest BCUT2D eigenvalue weighted by Crippen LogP contribution is 2.09. The van der Waals surface area contributed by atoms with E-state index in [0.29, 0.717) is 13.1 Å². The monoisotopic (exact) mass is 429 g/mol. The van der Waals surface area contributed by atoms with Gasteiger partial charge in [0.2, 0.25) is 15.9 Å². The highest BCUT2D eigenvalue weighted by atomic mass is 35.5. The molecule has 0 radical (unpaired) electrons. The number of rotatable bonds is 2. The summed E-state index contributed by atoms with van der Waals surface area (Å²) in [5.41, 5.74) is 12.7. The fourth-order valence-corrected chi connectivity index (χ4v) is 2.18. The molecule has 1 heterocycles. The number of hydrogen-bond donors (Lipinski definition) is 4. The van der Waals surface area contributed by atoms with Crippen molar-refractivity contribution in [1.82, 2.24) is 15.0 Å². The molecule has 0 saturated carbocycles. The second-order valence-corrected chi connectivity index (χ2v) is 5.90. The molecule has 0 aliphatic rings. The smallest absolute Gasteiger partial charge is 0.227 e. The van der Waals surface area contributed by atoms with E-state index in [-0.39, 0.29) is 27.3 Å². The van der Waals surface area contributed by atoms with Crippen molar-refractivity contribution in [3.05, 3.63) is 75.5 Å². The third-order valence-electron chi connectivity index (χ3n) is 2.90. The molecule has 0 unspecified atom stereocenters. The topological polar surface area (TPSA) is 131 Å². The first kappa shape index (κ1) is 22.9. The summed E-state index contributed by atoms with van der Waals surface area (Å²) in [6.07, 6.45) is 0. The minimum atomic E-state index is 0.000000000000000444. The molecule has 2 aromatic carbocycles. The number of aromatic nitrogens is 3. The molecule has 0 atom stereocenters. The summed E-state index contributed by atoms with van der Waals surface area (Å²) in [5.74, 6) is 0.569. The molecule has 3 aromatic rings. The van der Waals surface area contributed by atoms with Crippen molar-refractivity contribution < 1.29 is 10.2 Å². The number of nitrogens with two attached hydrogens (primary N) is 2. The summed E-state index contributed by atoms with van der Waals surface area (Å²) < 4.78 is 0. The zero-order valence-corrected chi connectivity index (χ0v) is 16.3. The summed E-state index contributed by atoms with van der Waals surface area (Å²) in [7, 11) is 0. The van der Waals surface area contributed by atoms with Crippen LogP contribution < -0.4 is 11.5 Å². The average Bonchev–Trinajstić information content (AvgIpc) is 2.63. The van der Waals surface area contributed by atoms with Gasteiger partial charge >= 0.3 is 0 Å². The Morgan fingerprint density at radius 2 is 0.852 bits per heavy atom. The number of halogens is 3. The van der Waals surface area contributed by atoms with E-state index in [9.17, 15) is 0 Å². The minimum absolute atomic E-state index is 0.000000000000000444. The van der Waals surface area contributed by atoms with Crippen LogP contribution in [0, 0.1) is 0 Å². The van der Waals surface area contributed by atoms with E-state index in [1.807, 2.05) is 0 Å². The second-order valence-electron chi connectivity index (χ2n) is 4.88. The van der Waals surface area contributed by atoms with Crippen molar-refractivity contribution in [3.8, 4) is 11.5 Å². The zero-order chi connectivity index (χ0) is 20.2. The van der Waals surface area contributed by atoms with Crippen LogP contribution >= 0.6 is 34.8 Å². The number of nitrogens with zero attached hydrogens (tertiary/aromatic N) is 3. The van der Waals surface area contributed by atoms with E-state index >= 15 is 0 Å². The van der Waals surface area contributed by atoms with Crippen LogP contribution in [0.2, 0.25) is 15.9 Å². The molecule has 0 bridgehead atoms. The lowest BCUT2D eigenvalue weighted by Gasteiger charge is -1.93. The van der Waals surface area contributed by atoms with Gasteiger partial charge in [0.15, 0.2) is 0 Å². The molecule has 0 fully saturated rings. The number of phenolic OH excluding ortho intramolecular Hbond substituents is 2. The molecular formula is C17H18Cl3N5O2. The molecule has 144 valence electrons. The van der Waals surface area contributed by atoms with Crippen LogP contribution in [0.4, 0.5) is 0 Å². The van der Waals surface area contributed by atoms with Gasteiger partial charge < -0.3 is 21.7 Å². The van der Waals surface area contributed by atoms with Crippen molar-refractivity contribution in [1.29, 1.82) is 0 Å². The third-order valence-corrected chi connectivity index (χ3v) is 3.40. The van der Waals surface area contributed by atoms with Crippen LogP contribution in [0.5, 0.6) is 11.5 Å². The maximum Gasteiger partial charge on any atom is 0.227 e. The molecule has 0 spiro atoms. The van der Waals surface area contributed by atoms with Gasteiger partial charge in [0, 0.05) is 13.1 Å². The molecule has 0 aliphatic heterocycles. The Bertz CT molecular complexity index is 722. The molecule has 0 saturated heterocycles. The molecule has 3 rings (SSSR count). The summed E-state index contributed by atoms with van der Waals surface area (Å²) in [6.45, 7) is 1.06. The van der Waals surface area contributed by atoms with Crippen molar-refractivity contribution in [3.63, 3.8) is 0 Å². The van der Waals surface area contributed by atoms with Gasteiger partial charge in [0.25, 0.3) is 0 Å². The van der Waals surface area contributed by atoms with Crippen LogP contribution in [0.1, 0.15) is 11.1 Å². The Hall–Kier alpha value is -2.16. The molecule has 1 aromatic heterocycles. The van der Waals surface area contributed by atoms with E-state index in [2.05, 4.69) is 15.0 Å². The fourth-order valence-electron chi connectivity index (χ4n) is 1.57. The number of benzene rings is 2. The predicted octanol–water partition coefficient (Wildman–Crippen LogP) is 3.53. The minimum Gasteiger partial charge on any atom is -0.508 e. The van der Waals surface area contributed by atoms with E-state index in [4.69, 9.17) is 56.5 Å². The molecule has 6 N–H and O–H groups in total. The van der Waals surface area contributed by atoms with Crippen LogP contribution in [0.15, 0.2) is 48.5 Å². The van der Waals surface area contributed by atoms with E-state index in [1.165, 1.54) is 0 Å². The van der Waals surface area contributed by atoms with Crippen LogP contribution in [-0.2, 0) is 13.1 Å². The normalized spacial score (nSPS) is 9.52. The van der Waals surface area contributed by atoms with Gasteiger partial charge in [-0.25, -0.2) is 0 Å². The maximum atomic E-state index is 8.81. The number of phenols is 2. The first-order valence-corrected chi connectivity index (χ1v) is 8.66. The standard InChI is InChI=1S/2C7H9NO.C3Cl3N3/c2*8-5-6-1-3-7(9)4-2-6;4-1-7-2(5)9-3(6)8-1/h2*1-4,9H,5,8H2;. The van der Waals surface area contributed by atoms with Crippen molar-refractivity contribution >= 4 is 34.8 Å². The highest BCUT2D eigenvalue weighted by Gasteiger charge is 1.97. The first-order valence-electron chi connectivity index (χ1n) is 7.52. The van der Waals surface area contributed by atoms with Crippen molar-refractivity contribution in [2.24, 2.45) is 11.5 Å². The summed E-state index contributed by atoms with van der Waals surface area (Å²) in [5, 5.41) is 17.6. The molecule has 0 aliphatic carbocycles. The molecule has 10 heteroatoms. The Morgan fingerprint density at radius 1 is 0.593 bits per heavy atom. The number of hydrogen-bond acceptors (Lipinski definition) is 7. The molecule has 27 heavy (non-hydrogen) atoms. The first-order chi connectivity index (χ1) is 12.8. The Labute approximate surface area is 171 Å². The van der Waals surface area contributed by atoms with E-state index < -0.39 is 0 Å². The van der Waals surface area contributed by atoms with Crippen molar-refractivity contribution in [2.75, 3.05) is 0 Å². The lowest BCUT2D eigenvalue weighted by Crippen LogP contribution is -1.94. The summed E-state index contributed by atoms with van der Waals surface area (Å²) >= 11 is 16.0. The second kappa shape index (κ2) is 12.3. The lowest BCUT2D eigenvalue weighted by molar-refractivity contribution is 0.474. The Morgan fingerprint density at radius 3 is 1.07 bits per heavy atom. The molecule has 7 nitrogen and oxygen atoms in total. The summed E-state index contributed by atoms with van der Waals surface area (Å²) in [6, 6.07) is 13.7. The van der Waals surface area contributed by atoms with Crippen LogP contribution in [-0.4, -0.2) is 25.2 Å². The van der Waals surface area contributed by atoms with Gasteiger partial charge in [0.05, 0.1) is 0 Å². The Balaban J connectivity index is 0.000000202. The van der Waals surface area contributed by atoms with E-state index in [1.54, 1.807) is 48.5 Å². The molecular weight excluding hydrogens is 413 g/mol. The van der Waals surface area contributed by atoms with Crippen LogP contribution in [0.25, 0.3) is 0 Å². The quantitative estimate of drug-likeness (QED) is 0.489. The number of aromatic hydroxyl groups is 2. The van der Waals surface area contributed by atoms with Crippen molar-refractivity contribution in [2.45, 2.75) is 13.1 Å². The lowest BCUT2D eigenvalue weighted by atomic mass is 10.2. The summed E-state index contributed by atoms with van der Waals surface area (Å²) in [4.78, 5) is 10.4. The van der Waals surface area contributed by atoms with Gasteiger partial charge in [-0.2, -0.15) is 15.0 Å². The van der Waals surface area contributed by atoms with E-state index in [0.717, 1.165) is 11.1 Å². The highest BCUT2D eigenvalue weighted by molar-refractivity contribution is 6.33. The average molecular weight is 431 g/mol. The van der Waals surface area contributed by atoms with Gasteiger partial charge in [-0.3, -0.25) is 0 Å². The third kappa shape index (κ3) is 9.93. The van der Waals surface area contributed by atoms with Gasteiger partial charge in [-0.15, -0.1) is 0 Å². The van der Waals surface area contributed by atoms with Crippen LogP contribution in [0.3, 0.4) is 0 Å². The molecule has 0 amide bonds. The van der Waals surface area contributed by atoms with Gasteiger partial charge in [0.1, 0.15) is 11.5 Å². The Kier molecular flexibility index (Phi) is 10.4.